The predicted octanol–water partition coefficient (Wildman–Crippen LogP) is 2.41. The number of hydrogen-bond acceptors (Lipinski definition) is 4. The van der Waals surface area contributed by atoms with Crippen LogP contribution in [0.1, 0.15) is 20.9 Å². The third kappa shape index (κ3) is 3.31. The third-order valence-electron chi connectivity index (χ3n) is 3.83. The molecular weight excluding hydrogens is 282 g/mol. The van der Waals surface area contributed by atoms with Crippen LogP contribution in [0.3, 0.4) is 0 Å². The van der Waals surface area contributed by atoms with E-state index in [1.54, 1.807) is 0 Å². The first-order valence-electron chi connectivity index (χ1n) is 7.19. The van der Waals surface area contributed by atoms with E-state index in [2.05, 4.69) is 9.88 Å². The average molecular weight is 301 g/mol. The lowest BCUT2D eigenvalue weighted by Gasteiger charge is -2.34. The molecule has 1 aliphatic rings. The Morgan fingerprint density at radius 3 is 2.67 bits per heavy atom. The summed E-state index contributed by atoms with van der Waals surface area (Å²) < 4.78 is 0. The maximum Gasteiger partial charge on any atom is 0.264 e. The van der Waals surface area contributed by atoms with Crippen LogP contribution in [0.2, 0.25) is 0 Å². The zero-order valence-corrected chi connectivity index (χ0v) is 13.0. The number of aromatic nitrogens is 1. The number of rotatable bonds is 3. The molecule has 0 saturated carbocycles. The van der Waals surface area contributed by atoms with Crippen LogP contribution in [0, 0.1) is 6.92 Å². The Hall–Kier alpha value is -1.72. The maximum atomic E-state index is 12.5. The number of carbonyl (C=O) groups excluding carboxylic acids is 1. The number of aryl methyl sites for hydroxylation is 1. The van der Waals surface area contributed by atoms with Crippen molar-refractivity contribution in [3.05, 3.63) is 52.0 Å². The van der Waals surface area contributed by atoms with Crippen molar-refractivity contribution < 1.29 is 4.79 Å². The average Bonchev–Trinajstić information content (AvgIpc) is 2.94. The van der Waals surface area contributed by atoms with Crippen LogP contribution in [-0.4, -0.2) is 46.9 Å². The van der Waals surface area contributed by atoms with Gasteiger partial charge in [0.1, 0.15) is 0 Å². The lowest BCUT2D eigenvalue weighted by molar-refractivity contribution is 0.0631. The summed E-state index contributed by atoms with van der Waals surface area (Å²) in [6.45, 7) is 6.27. The van der Waals surface area contributed by atoms with Gasteiger partial charge in [0.05, 0.1) is 10.6 Å². The fourth-order valence-corrected chi connectivity index (χ4v) is 3.46. The van der Waals surface area contributed by atoms with E-state index in [9.17, 15) is 4.79 Å². The lowest BCUT2D eigenvalue weighted by atomic mass is 10.2. The molecule has 2 aromatic rings. The van der Waals surface area contributed by atoms with E-state index in [-0.39, 0.29) is 5.91 Å². The zero-order valence-electron chi connectivity index (χ0n) is 12.2. The Kier molecular flexibility index (Phi) is 4.31. The molecule has 0 radical (unpaired) electrons. The summed E-state index contributed by atoms with van der Waals surface area (Å²) in [7, 11) is 0. The molecule has 0 N–H and O–H groups in total. The third-order valence-corrected chi connectivity index (χ3v) is 4.83. The number of pyridine rings is 1. The molecule has 0 spiro atoms. The van der Waals surface area contributed by atoms with E-state index >= 15 is 0 Å². The molecule has 1 fully saturated rings. The highest BCUT2D eigenvalue weighted by Crippen LogP contribution is 2.19. The standard InChI is InChI=1S/C16H19N3OS/c1-13-5-11-21-15(13)16(20)19-9-7-18(8-10-19)12-14-4-2-3-6-17-14/h2-6,11H,7-10,12H2,1H3. The summed E-state index contributed by atoms with van der Waals surface area (Å²) in [6.07, 6.45) is 1.83. The molecule has 1 amide bonds. The minimum absolute atomic E-state index is 0.181. The van der Waals surface area contributed by atoms with Gasteiger partial charge in [-0.2, -0.15) is 0 Å². The van der Waals surface area contributed by atoms with Crippen molar-refractivity contribution in [2.45, 2.75) is 13.5 Å². The second-order valence-electron chi connectivity index (χ2n) is 5.32. The molecular formula is C16H19N3OS. The fourth-order valence-electron chi connectivity index (χ4n) is 2.57. The smallest absolute Gasteiger partial charge is 0.264 e. The first kappa shape index (κ1) is 14.2. The van der Waals surface area contributed by atoms with Gasteiger partial charge < -0.3 is 4.90 Å². The van der Waals surface area contributed by atoms with E-state index in [1.165, 1.54) is 11.3 Å². The highest BCUT2D eigenvalue weighted by molar-refractivity contribution is 7.12. The largest absolute Gasteiger partial charge is 0.335 e. The van der Waals surface area contributed by atoms with Crippen molar-refractivity contribution in [2.75, 3.05) is 26.2 Å². The molecule has 3 rings (SSSR count). The number of hydrogen-bond donors (Lipinski definition) is 0. The summed E-state index contributed by atoms with van der Waals surface area (Å²) in [5.74, 6) is 0.181. The SMILES string of the molecule is Cc1ccsc1C(=O)N1CCN(Cc2ccccn2)CC1. The van der Waals surface area contributed by atoms with Gasteiger partial charge in [0.25, 0.3) is 5.91 Å². The number of piperazine rings is 1. The topological polar surface area (TPSA) is 36.4 Å². The molecule has 0 aliphatic carbocycles. The first-order valence-corrected chi connectivity index (χ1v) is 8.07. The van der Waals surface area contributed by atoms with E-state index < -0.39 is 0 Å². The monoisotopic (exact) mass is 301 g/mol. The van der Waals surface area contributed by atoms with Gasteiger partial charge in [0.15, 0.2) is 0 Å². The number of nitrogens with zero attached hydrogens (tertiary/aromatic N) is 3. The van der Waals surface area contributed by atoms with Crippen molar-refractivity contribution in [3.8, 4) is 0 Å². The summed E-state index contributed by atoms with van der Waals surface area (Å²) in [5, 5.41) is 1.99. The Bertz CT molecular complexity index is 603. The predicted molar refractivity (Wildman–Crippen MR) is 84.5 cm³/mol. The van der Waals surface area contributed by atoms with E-state index in [4.69, 9.17) is 0 Å². The van der Waals surface area contributed by atoms with Crippen molar-refractivity contribution in [3.63, 3.8) is 0 Å². The molecule has 5 heteroatoms. The van der Waals surface area contributed by atoms with E-state index in [1.807, 2.05) is 47.7 Å². The molecule has 4 nitrogen and oxygen atoms in total. The van der Waals surface area contributed by atoms with Gasteiger partial charge in [-0.3, -0.25) is 14.7 Å². The second kappa shape index (κ2) is 6.37. The Morgan fingerprint density at radius 1 is 1.24 bits per heavy atom. The van der Waals surface area contributed by atoms with Gasteiger partial charge in [-0.1, -0.05) is 6.07 Å². The van der Waals surface area contributed by atoms with E-state index in [0.29, 0.717) is 0 Å². The van der Waals surface area contributed by atoms with Crippen molar-refractivity contribution in [1.82, 2.24) is 14.8 Å². The molecule has 1 aliphatic heterocycles. The molecule has 0 aromatic carbocycles. The fraction of sp³-hybridized carbons (Fsp3) is 0.375. The maximum absolute atomic E-state index is 12.5. The van der Waals surface area contributed by atoms with Crippen LogP contribution in [-0.2, 0) is 6.54 Å². The van der Waals surface area contributed by atoms with Crippen LogP contribution < -0.4 is 0 Å². The van der Waals surface area contributed by atoms with Crippen molar-refractivity contribution in [1.29, 1.82) is 0 Å². The lowest BCUT2D eigenvalue weighted by Crippen LogP contribution is -2.48. The van der Waals surface area contributed by atoms with E-state index in [0.717, 1.165) is 48.9 Å². The number of carbonyl (C=O) groups is 1. The number of thiophene rings is 1. The van der Waals surface area contributed by atoms with Crippen LogP contribution >= 0.6 is 11.3 Å². The van der Waals surface area contributed by atoms with Crippen molar-refractivity contribution >= 4 is 17.2 Å². The summed E-state index contributed by atoms with van der Waals surface area (Å²) in [5.41, 5.74) is 2.17. The molecule has 110 valence electrons. The molecule has 0 bridgehead atoms. The summed E-state index contributed by atoms with van der Waals surface area (Å²) in [4.78, 5) is 22.0. The van der Waals surface area contributed by atoms with Crippen LogP contribution in [0.25, 0.3) is 0 Å². The molecule has 2 aromatic heterocycles. The Morgan fingerprint density at radius 2 is 2.05 bits per heavy atom. The first-order chi connectivity index (χ1) is 10.2. The molecule has 0 atom stereocenters. The quantitative estimate of drug-likeness (QED) is 0.873. The van der Waals surface area contributed by atoms with Gasteiger partial charge in [0.2, 0.25) is 0 Å². The Labute approximate surface area is 129 Å². The normalized spacial score (nSPS) is 16.1. The minimum atomic E-state index is 0.181. The molecule has 21 heavy (non-hydrogen) atoms. The number of amides is 1. The van der Waals surface area contributed by atoms with Gasteiger partial charge in [-0.25, -0.2) is 0 Å². The van der Waals surface area contributed by atoms with Crippen LogP contribution in [0.15, 0.2) is 35.8 Å². The highest BCUT2D eigenvalue weighted by Gasteiger charge is 2.23. The van der Waals surface area contributed by atoms with Gasteiger partial charge in [-0.05, 0) is 36.1 Å². The van der Waals surface area contributed by atoms with Crippen LogP contribution in [0.5, 0.6) is 0 Å². The van der Waals surface area contributed by atoms with Gasteiger partial charge in [0, 0.05) is 38.9 Å². The molecule has 0 unspecified atom stereocenters. The van der Waals surface area contributed by atoms with Crippen molar-refractivity contribution in [2.24, 2.45) is 0 Å². The summed E-state index contributed by atoms with van der Waals surface area (Å²) in [6, 6.07) is 8.01. The summed E-state index contributed by atoms with van der Waals surface area (Å²) >= 11 is 1.54. The Balaban J connectivity index is 1.56. The van der Waals surface area contributed by atoms with Gasteiger partial charge in [-0.15, -0.1) is 11.3 Å². The molecule has 3 heterocycles. The molecule has 1 saturated heterocycles. The highest BCUT2D eigenvalue weighted by atomic mass is 32.1. The minimum Gasteiger partial charge on any atom is -0.335 e. The van der Waals surface area contributed by atoms with Crippen LogP contribution in [0.4, 0.5) is 0 Å². The van der Waals surface area contributed by atoms with Gasteiger partial charge >= 0.3 is 0 Å². The second-order valence-corrected chi connectivity index (χ2v) is 6.24. The zero-order chi connectivity index (χ0) is 14.7.